The van der Waals surface area contributed by atoms with E-state index in [4.69, 9.17) is 15.1 Å². The van der Waals surface area contributed by atoms with Crippen LogP contribution in [0.3, 0.4) is 0 Å². The summed E-state index contributed by atoms with van der Waals surface area (Å²) in [6.07, 6.45) is 1.50. The fourth-order valence-electron chi connectivity index (χ4n) is 1.38. The van der Waals surface area contributed by atoms with Crippen LogP contribution >= 0.6 is 22.6 Å². The first kappa shape index (κ1) is 13.3. The van der Waals surface area contributed by atoms with Crippen LogP contribution in [-0.4, -0.2) is 16.1 Å². The number of benzene rings is 1. The highest BCUT2D eigenvalue weighted by atomic mass is 127. The Morgan fingerprint density at radius 3 is 2.89 bits per heavy atom. The third kappa shape index (κ3) is 3.00. The van der Waals surface area contributed by atoms with Crippen molar-refractivity contribution in [3.8, 4) is 17.7 Å². The molecule has 0 aliphatic heterocycles. The molecular formula is C13H7IN2O3. The Morgan fingerprint density at radius 2 is 2.21 bits per heavy atom. The summed E-state index contributed by atoms with van der Waals surface area (Å²) < 4.78 is 6.25. The third-order valence-electron chi connectivity index (χ3n) is 2.28. The molecule has 0 saturated carbocycles. The molecule has 1 aromatic heterocycles. The minimum absolute atomic E-state index is 0.116. The smallest absolute Gasteiger partial charge is 0.335 e. The number of aromatic carboxylic acids is 1. The van der Waals surface area contributed by atoms with Crippen LogP contribution in [0.15, 0.2) is 36.5 Å². The molecule has 0 atom stereocenters. The van der Waals surface area contributed by atoms with Crippen LogP contribution in [-0.2, 0) is 0 Å². The molecule has 0 amide bonds. The molecule has 94 valence electrons. The van der Waals surface area contributed by atoms with Crippen LogP contribution in [0.1, 0.15) is 15.9 Å². The van der Waals surface area contributed by atoms with Gasteiger partial charge in [-0.2, -0.15) is 5.26 Å². The van der Waals surface area contributed by atoms with E-state index in [1.54, 1.807) is 18.2 Å². The van der Waals surface area contributed by atoms with Gasteiger partial charge >= 0.3 is 5.97 Å². The molecule has 0 bridgehead atoms. The SMILES string of the molecule is N#Cc1cccnc1Oc1cc(C(=O)O)ccc1I. The predicted molar refractivity (Wildman–Crippen MR) is 75.1 cm³/mol. The maximum Gasteiger partial charge on any atom is 0.335 e. The summed E-state index contributed by atoms with van der Waals surface area (Å²) in [5, 5.41) is 17.9. The molecule has 0 saturated heterocycles. The van der Waals surface area contributed by atoms with Gasteiger partial charge in [0, 0.05) is 6.20 Å². The number of hydrogen-bond donors (Lipinski definition) is 1. The second kappa shape index (κ2) is 5.67. The summed E-state index contributed by atoms with van der Waals surface area (Å²) in [6, 6.07) is 9.70. The Bertz CT molecular complexity index is 680. The van der Waals surface area contributed by atoms with Crippen molar-refractivity contribution >= 4 is 28.6 Å². The van der Waals surface area contributed by atoms with E-state index >= 15 is 0 Å². The summed E-state index contributed by atoms with van der Waals surface area (Å²) in [7, 11) is 0. The highest BCUT2D eigenvalue weighted by Crippen LogP contribution is 2.28. The first-order chi connectivity index (χ1) is 9.11. The van der Waals surface area contributed by atoms with Gasteiger partial charge in [0.25, 0.3) is 0 Å². The zero-order valence-corrected chi connectivity index (χ0v) is 11.7. The average Bonchev–Trinajstić information content (AvgIpc) is 2.41. The molecule has 2 aromatic rings. The van der Waals surface area contributed by atoms with Gasteiger partial charge in [0.1, 0.15) is 17.4 Å². The summed E-state index contributed by atoms with van der Waals surface area (Å²) in [6.45, 7) is 0. The molecule has 0 radical (unpaired) electrons. The zero-order chi connectivity index (χ0) is 13.8. The quantitative estimate of drug-likeness (QED) is 0.845. The number of carboxylic acids is 1. The lowest BCUT2D eigenvalue weighted by Crippen LogP contribution is -1.99. The Hall–Kier alpha value is -2.14. The lowest BCUT2D eigenvalue weighted by atomic mass is 10.2. The topological polar surface area (TPSA) is 83.2 Å². The highest BCUT2D eigenvalue weighted by Gasteiger charge is 2.11. The number of nitrogens with zero attached hydrogens (tertiary/aromatic N) is 2. The Balaban J connectivity index is 2.41. The normalized spacial score (nSPS) is 9.68. The lowest BCUT2D eigenvalue weighted by Gasteiger charge is -2.08. The van der Waals surface area contributed by atoms with Gasteiger partial charge in [0.05, 0.1) is 9.13 Å². The van der Waals surface area contributed by atoms with E-state index in [0.717, 1.165) is 3.57 Å². The van der Waals surface area contributed by atoms with E-state index in [1.165, 1.54) is 18.3 Å². The number of aromatic nitrogens is 1. The number of pyridine rings is 1. The molecule has 1 aromatic carbocycles. The molecule has 0 aliphatic carbocycles. The number of hydrogen-bond acceptors (Lipinski definition) is 4. The number of carbonyl (C=O) groups is 1. The zero-order valence-electron chi connectivity index (χ0n) is 9.50. The molecule has 0 fully saturated rings. The summed E-state index contributed by atoms with van der Waals surface area (Å²) >= 11 is 2.02. The standard InChI is InChI=1S/C13H7IN2O3/c14-10-4-3-8(13(17)18)6-11(10)19-12-9(7-15)2-1-5-16-12/h1-6H,(H,17,18). The molecule has 0 aliphatic rings. The molecule has 0 unspecified atom stereocenters. The van der Waals surface area contributed by atoms with Crippen molar-refractivity contribution in [2.45, 2.75) is 0 Å². The number of ether oxygens (including phenoxy) is 1. The van der Waals surface area contributed by atoms with Crippen molar-refractivity contribution in [1.29, 1.82) is 5.26 Å². The predicted octanol–water partition coefficient (Wildman–Crippen LogP) is 3.05. The van der Waals surface area contributed by atoms with Gasteiger partial charge in [0.15, 0.2) is 0 Å². The third-order valence-corrected chi connectivity index (χ3v) is 3.17. The van der Waals surface area contributed by atoms with Crippen LogP contribution in [0.5, 0.6) is 11.6 Å². The summed E-state index contributed by atoms with van der Waals surface area (Å²) in [5.74, 6) is -0.524. The Kier molecular flexibility index (Phi) is 3.97. The van der Waals surface area contributed by atoms with Crippen molar-refractivity contribution in [1.82, 2.24) is 4.98 Å². The summed E-state index contributed by atoms with van der Waals surface area (Å²) in [4.78, 5) is 14.9. The van der Waals surface area contributed by atoms with Gasteiger partial charge in [-0.25, -0.2) is 9.78 Å². The van der Waals surface area contributed by atoms with Crippen molar-refractivity contribution in [2.75, 3.05) is 0 Å². The van der Waals surface area contributed by atoms with E-state index in [1.807, 2.05) is 28.7 Å². The fraction of sp³-hybridized carbons (Fsp3) is 0. The van der Waals surface area contributed by atoms with Gasteiger partial charge in [-0.05, 0) is 52.9 Å². The second-order valence-corrected chi connectivity index (χ2v) is 4.68. The molecule has 0 spiro atoms. The number of rotatable bonds is 3. The van der Waals surface area contributed by atoms with Crippen molar-refractivity contribution in [3.05, 3.63) is 51.2 Å². The number of halogens is 1. The van der Waals surface area contributed by atoms with E-state index in [9.17, 15) is 4.79 Å². The van der Waals surface area contributed by atoms with Crippen LogP contribution < -0.4 is 4.74 Å². The average molecular weight is 366 g/mol. The monoisotopic (exact) mass is 366 g/mol. The molecule has 1 N–H and O–H groups in total. The molecule has 1 heterocycles. The van der Waals surface area contributed by atoms with Gasteiger partial charge in [-0.15, -0.1) is 0 Å². The summed E-state index contributed by atoms with van der Waals surface area (Å²) in [5.41, 5.74) is 0.406. The van der Waals surface area contributed by atoms with E-state index in [-0.39, 0.29) is 11.4 Å². The molecule has 2 rings (SSSR count). The Labute approximate surface area is 122 Å². The van der Waals surface area contributed by atoms with Crippen LogP contribution in [0.2, 0.25) is 0 Å². The van der Waals surface area contributed by atoms with Gasteiger partial charge in [0.2, 0.25) is 5.88 Å². The molecule has 6 heteroatoms. The number of nitriles is 1. The Morgan fingerprint density at radius 1 is 1.42 bits per heavy atom. The van der Waals surface area contributed by atoms with Crippen molar-refractivity contribution in [3.63, 3.8) is 0 Å². The first-order valence-corrected chi connectivity index (χ1v) is 6.25. The minimum Gasteiger partial charge on any atom is -0.478 e. The molecular weight excluding hydrogens is 359 g/mol. The fourth-order valence-corrected chi connectivity index (χ4v) is 1.82. The highest BCUT2D eigenvalue weighted by molar-refractivity contribution is 14.1. The molecule has 5 nitrogen and oxygen atoms in total. The van der Waals surface area contributed by atoms with Gasteiger partial charge in [-0.3, -0.25) is 0 Å². The van der Waals surface area contributed by atoms with Gasteiger partial charge in [-0.1, -0.05) is 0 Å². The maximum atomic E-state index is 10.9. The van der Waals surface area contributed by atoms with Crippen molar-refractivity contribution in [2.24, 2.45) is 0 Å². The van der Waals surface area contributed by atoms with Crippen molar-refractivity contribution < 1.29 is 14.6 Å². The minimum atomic E-state index is -1.04. The van der Waals surface area contributed by atoms with Crippen LogP contribution in [0.25, 0.3) is 0 Å². The first-order valence-electron chi connectivity index (χ1n) is 5.17. The van der Waals surface area contributed by atoms with Crippen LogP contribution in [0.4, 0.5) is 0 Å². The largest absolute Gasteiger partial charge is 0.478 e. The van der Waals surface area contributed by atoms with Crippen LogP contribution in [0, 0.1) is 14.9 Å². The van der Waals surface area contributed by atoms with Gasteiger partial charge < -0.3 is 9.84 Å². The lowest BCUT2D eigenvalue weighted by molar-refractivity contribution is 0.0696. The van der Waals surface area contributed by atoms with E-state index in [2.05, 4.69) is 4.98 Å². The van der Waals surface area contributed by atoms with E-state index < -0.39 is 5.97 Å². The second-order valence-electron chi connectivity index (χ2n) is 3.52. The maximum absolute atomic E-state index is 10.9. The van der Waals surface area contributed by atoms with E-state index in [0.29, 0.717) is 11.3 Å². The number of carboxylic acid groups (broad SMARTS) is 1. The molecule has 19 heavy (non-hydrogen) atoms.